The molecule has 1 N–H and O–H groups in total. The Kier molecular flexibility index (Phi) is 11.4. The predicted molar refractivity (Wildman–Crippen MR) is 104 cm³/mol. The van der Waals surface area contributed by atoms with Crippen LogP contribution < -0.4 is 4.72 Å². The monoisotopic (exact) mass is 660 g/mol. The van der Waals surface area contributed by atoms with Gasteiger partial charge in [0.05, 0.1) is 5.69 Å². The second-order valence-corrected chi connectivity index (χ2v) is 40.4. The average Bonchev–Trinajstić information content (AvgIpc) is 2.32. The van der Waals surface area contributed by atoms with Gasteiger partial charge in [-0.25, -0.2) is 0 Å². The van der Waals surface area contributed by atoms with Gasteiger partial charge in [0.1, 0.15) is 0 Å². The van der Waals surface area contributed by atoms with Crippen LogP contribution in [0.2, 0.25) is 0 Å². The van der Waals surface area contributed by atoms with Gasteiger partial charge < -0.3 is 0 Å². The summed E-state index contributed by atoms with van der Waals surface area (Å²) in [6, 6.07) is 7.38. The number of benzene rings is 1. The molecular formula is C10H16I3N2O2SV. The predicted octanol–water partition coefficient (Wildman–Crippen LogP) is 4.47. The zero-order chi connectivity index (χ0) is 15.1. The van der Waals surface area contributed by atoms with E-state index >= 15 is 0 Å². The fraction of sp³-hybridized carbons (Fsp3) is 0.400. The number of hydrogen-bond acceptors (Lipinski definition) is 2. The van der Waals surface area contributed by atoms with Gasteiger partial charge in [-0.3, -0.25) is 4.72 Å². The molecule has 19 heavy (non-hydrogen) atoms. The number of fused-ring (bicyclic) bond motifs is 1. The summed E-state index contributed by atoms with van der Waals surface area (Å²) in [6.45, 7) is 4.44. The zero-order valence-corrected chi connectivity index (χ0v) is 19.5. The van der Waals surface area contributed by atoms with Crippen molar-refractivity contribution in [3.05, 3.63) is 29.8 Å². The summed E-state index contributed by atoms with van der Waals surface area (Å²) < 4.78 is 26.5. The van der Waals surface area contributed by atoms with Gasteiger partial charge >= 0.3 is 75.1 Å². The van der Waals surface area contributed by atoms with E-state index in [1.54, 1.807) is 13.1 Å². The Bertz CT molecular complexity index is 483. The molecule has 1 heterocycles. The Labute approximate surface area is 153 Å². The normalized spacial score (nSPS) is 16.2. The van der Waals surface area contributed by atoms with Crippen LogP contribution >= 0.6 is 59.9 Å². The van der Waals surface area contributed by atoms with Gasteiger partial charge in [-0.1, -0.05) is 32.0 Å². The quantitative estimate of drug-likeness (QED) is 0.418. The molecule has 1 aliphatic rings. The van der Waals surface area contributed by atoms with Gasteiger partial charge in [-0.15, -0.1) is 0 Å². The molecule has 2 rings (SSSR count). The van der Waals surface area contributed by atoms with Crippen molar-refractivity contribution in [2.24, 2.45) is 0 Å². The first-order valence-corrected chi connectivity index (χ1v) is 20.4. The topological polar surface area (TPSA) is 49.4 Å². The standard InChI is InChI=1S/C8H10N2O2S.C2H6.3HI.V/c1-10-6-7-4-2-3-5-8(7)9-13(10,11)12;1-2;;;;/h2-5,9H,6H2,1H3;1-2H3;3*1H;/q;;;;;+3/p-3. The SMILES string of the molecule is CC.CN1Cc2ccccc2NS1(=O)=O.[I][V]([I])[I]. The molecule has 9 heteroatoms. The first-order chi connectivity index (χ1) is 8.83. The van der Waals surface area contributed by atoms with Gasteiger partial charge in [-0.2, -0.15) is 12.7 Å². The summed E-state index contributed by atoms with van der Waals surface area (Å²) in [6.07, 6.45) is 0. The van der Waals surface area contributed by atoms with Crippen LogP contribution in [0.15, 0.2) is 24.3 Å². The third-order valence-corrected chi connectivity index (χ3v) is 3.49. The average molecular weight is 660 g/mol. The number of hydrogen-bond donors (Lipinski definition) is 1. The number of halogens is 3. The molecule has 0 spiro atoms. The number of rotatable bonds is 0. The Balaban J connectivity index is 0.000000467. The molecule has 0 unspecified atom stereocenters. The Morgan fingerprint density at radius 1 is 1.21 bits per heavy atom. The van der Waals surface area contributed by atoms with Crippen LogP contribution in [0.4, 0.5) is 5.69 Å². The molecule has 110 valence electrons. The van der Waals surface area contributed by atoms with Crippen molar-refractivity contribution in [2.45, 2.75) is 20.4 Å². The number of nitrogens with one attached hydrogen (secondary N) is 1. The van der Waals surface area contributed by atoms with Crippen LogP contribution in [-0.2, 0) is 21.7 Å². The number of nitrogens with zero attached hydrogens (tertiary/aromatic N) is 1. The molecule has 0 atom stereocenters. The minimum atomic E-state index is -3.29. The molecule has 0 fully saturated rings. The molecule has 1 aromatic rings. The van der Waals surface area contributed by atoms with Gasteiger partial charge in [0.25, 0.3) is 0 Å². The van der Waals surface area contributed by atoms with Crippen molar-refractivity contribution >= 4 is 75.8 Å². The van der Waals surface area contributed by atoms with Gasteiger partial charge in [0.2, 0.25) is 0 Å². The van der Waals surface area contributed by atoms with E-state index in [-0.39, 0.29) is 4.92 Å². The maximum absolute atomic E-state index is 11.4. The van der Waals surface area contributed by atoms with Gasteiger partial charge in [-0.05, 0) is 11.6 Å². The number of anilines is 1. The fourth-order valence-electron chi connectivity index (χ4n) is 1.30. The fourth-order valence-corrected chi connectivity index (χ4v) is 2.24. The van der Waals surface area contributed by atoms with Crippen molar-refractivity contribution in [3.8, 4) is 0 Å². The van der Waals surface area contributed by atoms with E-state index in [0.29, 0.717) is 12.2 Å². The molecular weight excluding hydrogens is 644 g/mol. The van der Waals surface area contributed by atoms with Crippen LogP contribution in [0.5, 0.6) is 0 Å². The summed E-state index contributed by atoms with van der Waals surface area (Å²) in [5.74, 6) is 0. The second kappa shape index (κ2) is 10.4. The van der Waals surface area contributed by atoms with Crippen molar-refractivity contribution in [3.63, 3.8) is 0 Å². The molecule has 4 nitrogen and oxygen atoms in total. The molecule has 0 aromatic heterocycles. The summed E-state index contributed by atoms with van der Waals surface area (Å²) in [7, 11) is -1.74. The molecule has 0 saturated heterocycles. The third kappa shape index (κ3) is 8.05. The van der Waals surface area contributed by atoms with E-state index in [1.165, 1.54) is 4.31 Å². The van der Waals surface area contributed by atoms with E-state index in [9.17, 15) is 8.42 Å². The van der Waals surface area contributed by atoms with Gasteiger partial charge in [0.15, 0.2) is 0 Å². The summed E-state index contributed by atoms with van der Waals surface area (Å²) >= 11 is 7.39. The maximum atomic E-state index is 11.4. The van der Waals surface area contributed by atoms with E-state index in [1.807, 2.05) is 32.0 Å². The molecule has 0 bridgehead atoms. The molecule has 0 saturated carbocycles. The van der Waals surface area contributed by atoms with Crippen LogP contribution in [0.1, 0.15) is 19.4 Å². The van der Waals surface area contributed by atoms with Crippen LogP contribution in [0, 0.1) is 0 Å². The summed E-state index contributed by atoms with van der Waals surface area (Å²) in [4.78, 5) is -0.278. The Morgan fingerprint density at radius 3 is 2.21 bits per heavy atom. The van der Waals surface area contributed by atoms with Crippen molar-refractivity contribution in [2.75, 3.05) is 11.8 Å². The molecule has 0 radical (unpaired) electrons. The second-order valence-electron chi connectivity index (χ2n) is 3.21. The minimum absolute atomic E-state index is 0.278. The van der Waals surface area contributed by atoms with E-state index in [2.05, 4.69) is 64.7 Å². The molecule has 1 aliphatic heterocycles. The van der Waals surface area contributed by atoms with E-state index < -0.39 is 10.2 Å². The summed E-state index contributed by atoms with van der Waals surface area (Å²) in [5, 5.41) is 0. The van der Waals surface area contributed by atoms with Gasteiger partial charge in [0, 0.05) is 13.6 Å². The van der Waals surface area contributed by atoms with Crippen LogP contribution in [0.25, 0.3) is 0 Å². The molecule has 0 amide bonds. The summed E-state index contributed by atoms with van der Waals surface area (Å²) in [5.41, 5.74) is 1.68. The Morgan fingerprint density at radius 2 is 1.68 bits per heavy atom. The Hall–Kier alpha value is 1.70. The zero-order valence-electron chi connectivity index (χ0n) is 10.8. The van der Waals surface area contributed by atoms with Crippen molar-refractivity contribution < 1.29 is 13.3 Å². The molecule has 0 aliphatic carbocycles. The first-order valence-electron chi connectivity index (χ1n) is 5.42. The first kappa shape index (κ1) is 20.7. The van der Waals surface area contributed by atoms with Crippen molar-refractivity contribution in [1.82, 2.24) is 4.31 Å². The molecule has 1 aromatic carbocycles. The number of para-hydroxylation sites is 1. The van der Waals surface area contributed by atoms with E-state index in [0.717, 1.165) is 5.56 Å². The third-order valence-electron chi connectivity index (χ3n) is 2.06. The van der Waals surface area contributed by atoms with E-state index in [4.69, 9.17) is 0 Å². The van der Waals surface area contributed by atoms with Crippen LogP contribution in [-0.4, -0.2) is 19.8 Å². The van der Waals surface area contributed by atoms with Crippen molar-refractivity contribution in [1.29, 1.82) is 0 Å². The van der Waals surface area contributed by atoms with Crippen LogP contribution in [0.3, 0.4) is 0 Å².